The first-order valence-corrected chi connectivity index (χ1v) is 9.97. The van der Waals surface area contributed by atoms with E-state index in [1.807, 2.05) is 30.3 Å². The average molecular weight is 434 g/mol. The maximum Gasteiger partial charge on any atom is 0.322 e. The molecule has 2 amide bonds. The number of hydrogen-bond donors (Lipinski definition) is 1. The Morgan fingerprint density at radius 1 is 1.12 bits per heavy atom. The number of carbonyl (C=O) groups excluding carboxylic acids is 2. The number of nitrogens with zero attached hydrogens (tertiary/aromatic N) is 3. The van der Waals surface area contributed by atoms with Crippen LogP contribution in [-0.4, -0.2) is 42.8 Å². The molecule has 1 unspecified atom stereocenters. The van der Waals surface area contributed by atoms with Gasteiger partial charge >= 0.3 is 6.01 Å². The fourth-order valence-electron chi connectivity index (χ4n) is 3.46. The number of nitrogens with one attached hydrogen (secondary N) is 1. The van der Waals surface area contributed by atoms with Gasteiger partial charge in [-0.05, 0) is 35.9 Å². The number of carbonyl (C=O) groups is 2. The van der Waals surface area contributed by atoms with E-state index in [0.717, 1.165) is 11.3 Å². The van der Waals surface area contributed by atoms with Gasteiger partial charge in [-0.2, -0.15) is 0 Å². The molecule has 1 aliphatic rings. The SMILES string of the molecule is COc1ccc(/C=C/C(=O)Nc2nnc(C3CC(=O)N(c4ccccc4)C3)o2)cc1OC. The van der Waals surface area contributed by atoms with Gasteiger partial charge in [0.05, 0.1) is 20.1 Å². The summed E-state index contributed by atoms with van der Waals surface area (Å²) >= 11 is 0. The lowest BCUT2D eigenvalue weighted by molar-refractivity contribution is -0.117. The molecule has 1 saturated heterocycles. The van der Waals surface area contributed by atoms with Gasteiger partial charge in [-0.25, -0.2) is 0 Å². The second-order valence-electron chi connectivity index (χ2n) is 7.12. The maximum atomic E-state index is 12.4. The van der Waals surface area contributed by atoms with E-state index < -0.39 is 5.91 Å². The highest BCUT2D eigenvalue weighted by atomic mass is 16.5. The largest absolute Gasteiger partial charge is 0.493 e. The predicted octanol–water partition coefficient (Wildman–Crippen LogP) is 3.26. The number of hydrogen-bond acceptors (Lipinski definition) is 7. The van der Waals surface area contributed by atoms with Gasteiger partial charge in [0, 0.05) is 24.7 Å². The van der Waals surface area contributed by atoms with E-state index in [-0.39, 0.29) is 24.3 Å². The van der Waals surface area contributed by atoms with Crippen molar-refractivity contribution in [1.29, 1.82) is 0 Å². The maximum absolute atomic E-state index is 12.4. The number of ether oxygens (including phenoxy) is 2. The van der Waals surface area contributed by atoms with Crippen LogP contribution < -0.4 is 19.7 Å². The Bertz CT molecular complexity index is 1140. The quantitative estimate of drug-likeness (QED) is 0.569. The molecule has 9 nitrogen and oxygen atoms in total. The van der Waals surface area contributed by atoms with Gasteiger partial charge in [-0.3, -0.25) is 14.9 Å². The first kappa shape index (κ1) is 21.1. The summed E-state index contributed by atoms with van der Waals surface area (Å²) in [7, 11) is 3.10. The lowest BCUT2D eigenvalue weighted by atomic mass is 10.1. The van der Waals surface area contributed by atoms with Crippen molar-refractivity contribution in [3.8, 4) is 11.5 Å². The zero-order valence-electron chi connectivity index (χ0n) is 17.6. The molecule has 32 heavy (non-hydrogen) atoms. The molecule has 1 aromatic heterocycles. The van der Waals surface area contributed by atoms with Gasteiger partial charge in [-0.1, -0.05) is 29.4 Å². The van der Waals surface area contributed by atoms with E-state index in [9.17, 15) is 9.59 Å². The summed E-state index contributed by atoms with van der Waals surface area (Å²) in [4.78, 5) is 26.3. The topological polar surface area (TPSA) is 107 Å². The molecule has 164 valence electrons. The van der Waals surface area contributed by atoms with Crippen LogP contribution in [0.2, 0.25) is 0 Å². The molecule has 9 heteroatoms. The van der Waals surface area contributed by atoms with E-state index in [2.05, 4.69) is 15.5 Å². The number of methoxy groups -OCH3 is 2. The minimum Gasteiger partial charge on any atom is -0.493 e. The summed E-state index contributed by atoms with van der Waals surface area (Å²) in [6.07, 6.45) is 3.24. The second kappa shape index (κ2) is 9.34. The molecule has 1 N–H and O–H groups in total. The van der Waals surface area contributed by atoms with Crippen molar-refractivity contribution in [2.75, 3.05) is 31.0 Å². The van der Waals surface area contributed by atoms with Crippen LogP contribution in [0.5, 0.6) is 11.5 Å². The third-order valence-corrected chi connectivity index (χ3v) is 5.05. The summed E-state index contributed by atoms with van der Waals surface area (Å²) in [6, 6.07) is 14.7. The van der Waals surface area contributed by atoms with Crippen LogP contribution >= 0.6 is 0 Å². The summed E-state index contributed by atoms with van der Waals surface area (Å²) < 4.78 is 16.0. The van der Waals surface area contributed by atoms with Crippen LogP contribution in [-0.2, 0) is 9.59 Å². The first-order chi connectivity index (χ1) is 15.6. The Hall–Kier alpha value is -4.14. The number of aromatic nitrogens is 2. The molecule has 1 fully saturated rings. The normalized spacial score (nSPS) is 15.9. The molecule has 3 aromatic rings. The van der Waals surface area contributed by atoms with Crippen molar-refractivity contribution in [1.82, 2.24) is 10.2 Å². The van der Waals surface area contributed by atoms with Gasteiger partial charge in [0.2, 0.25) is 11.8 Å². The molecule has 0 aliphatic carbocycles. The summed E-state index contributed by atoms with van der Waals surface area (Å²) in [6.45, 7) is 0.442. The van der Waals surface area contributed by atoms with Gasteiger partial charge < -0.3 is 18.8 Å². The van der Waals surface area contributed by atoms with Crippen LogP contribution in [0.25, 0.3) is 6.08 Å². The third kappa shape index (κ3) is 4.61. The predicted molar refractivity (Wildman–Crippen MR) is 118 cm³/mol. The standard InChI is InChI=1S/C23H22N4O5/c1-30-18-10-8-15(12-19(18)31-2)9-11-20(28)24-23-26-25-22(32-23)16-13-21(29)27(14-16)17-6-4-3-5-7-17/h3-12,16H,13-14H2,1-2H3,(H,24,26,28)/b11-9+. The van der Waals surface area contributed by atoms with Crippen molar-refractivity contribution in [3.63, 3.8) is 0 Å². The fraction of sp³-hybridized carbons (Fsp3) is 0.217. The number of anilines is 2. The third-order valence-electron chi connectivity index (χ3n) is 5.05. The van der Waals surface area contributed by atoms with Crippen LogP contribution in [0.1, 0.15) is 23.8 Å². The van der Waals surface area contributed by atoms with Gasteiger partial charge in [0.25, 0.3) is 5.91 Å². The van der Waals surface area contributed by atoms with Crippen molar-refractivity contribution >= 4 is 29.6 Å². The molecule has 0 radical (unpaired) electrons. The summed E-state index contributed by atoms with van der Waals surface area (Å²) in [5, 5.41) is 10.4. The molecule has 0 saturated carbocycles. The number of para-hydroxylation sites is 1. The molecule has 2 heterocycles. The van der Waals surface area contributed by atoms with Crippen LogP contribution in [0.4, 0.5) is 11.7 Å². The molecular formula is C23H22N4O5. The highest BCUT2D eigenvalue weighted by Crippen LogP contribution is 2.31. The molecule has 1 aliphatic heterocycles. The minimum atomic E-state index is -0.427. The van der Waals surface area contributed by atoms with Gasteiger partial charge in [-0.15, -0.1) is 5.10 Å². The Morgan fingerprint density at radius 3 is 2.66 bits per heavy atom. The molecule has 0 bridgehead atoms. The summed E-state index contributed by atoms with van der Waals surface area (Å²) in [5.74, 6) is 0.807. The molecule has 1 atom stereocenters. The Labute approximate surface area is 184 Å². The van der Waals surface area contributed by atoms with E-state index in [1.54, 1.807) is 43.4 Å². The molecular weight excluding hydrogens is 412 g/mol. The van der Waals surface area contributed by atoms with Crippen molar-refractivity contribution < 1.29 is 23.5 Å². The zero-order valence-corrected chi connectivity index (χ0v) is 17.6. The van der Waals surface area contributed by atoms with Crippen LogP contribution in [0.15, 0.2) is 59.0 Å². The second-order valence-corrected chi connectivity index (χ2v) is 7.12. The molecule has 0 spiro atoms. The van der Waals surface area contributed by atoms with Crippen molar-refractivity contribution in [3.05, 3.63) is 66.1 Å². The van der Waals surface area contributed by atoms with Crippen molar-refractivity contribution in [2.24, 2.45) is 0 Å². The average Bonchev–Trinajstić information content (AvgIpc) is 3.44. The zero-order chi connectivity index (χ0) is 22.5. The Morgan fingerprint density at radius 2 is 1.91 bits per heavy atom. The van der Waals surface area contributed by atoms with E-state index in [4.69, 9.17) is 13.9 Å². The van der Waals surface area contributed by atoms with Gasteiger partial charge in [0.15, 0.2) is 11.5 Å². The first-order valence-electron chi connectivity index (χ1n) is 9.97. The highest BCUT2D eigenvalue weighted by molar-refractivity contribution is 6.00. The lowest BCUT2D eigenvalue weighted by Crippen LogP contribution is -2.24. The van der Waals surface area contributed by atoms with Crippen molar-refractivity contribution in [2.45, 2.75) is 12.3 Å². The molecule has 4 rings (SSSR count). The lowest BCUT2D eigenvalue weighted by Gasteiger charge is -2.15. The summed E-state index contributed by atoms with van der Waals surface area (Å²) in [5.41, 5.74) is 1.59. The Kier molecular flexibility index (Phi) is 6.16. The fourth-order valence-corrected chi connectivity index (χ4v) is 3.46. The van der Waals surface area contributed by atoms with Crippen LogP contribution in [0, 0.1) is 0 Å². The van der Waals surface area contributed by atoms with E-state index in [0.29, 0.717) is 23.9 Å². The molecule has 2 aromatic carbocycles. The monoisotopic (exact) mass is 434 g/mol. The smallest absolute Gasteiger partial charge is 0.322 e. The number of amides is 2. The number of rotatable bonds is 7. The highest BCUT2D eigenvalue weighted by Gasteiger charge is 2.35. The Balaban J connectivity index is 1.38. The number of benzene rings is 2. The van der Waals surface area contributed by atoms with Gasteiger partial charge in [0.1, 0.15) is 0 Å². The van der Waals surface area contributed by atoms with E-state index in [1.165, 1.54) is 6.08 Å². The van der Waals surface area contributed by atoms with Crippen LogP contribution in [0.3, 0.4) is 0 Å². The minimum absolute atomic E-state index is 0.0113. The van der Waals surface area contributed by atoms with E-state index >= 15 is 0 Å².